The van der Waals surface area contributed by atoms with Gasteiger partial charge in [-0.15, -0.1) is 0 Å². The summed E-state index contributed by atoms with van der Waals surface area (Å²) in [5, 5.41) is 0. The highest BCUT2D eigenvalue weighted by atomic mass is 16.5. The molecule has 0 radical (unpaired) electrons. The molecule has 150 valence electrons. The summed E-state index contributed by atoms with van der Waals surface area (Å²) in [5.41, 5.74) is 1.34. The Bertz CT molecular complexity index is 796. The van der Waals surface area contributed by atoms with E-state index in [4.69, 9.17) is 18.9 Å². The van der Waals surface area contributed by atoms with E-state index in [1.165, 1.54) is 26.2 Å². The number of anilines is 1. The Labute approximate surface area is 164 Å². The molecule has 0 aromatic heterocycles. The van der Waals surface area contributed by atoms with E-state index in [2.05, 4.69) is 0 Å². The highest BCUT2D eigenvalue weighted by molar-refractivity contribution is 5.96. The lowest BCUT2D eigenvalue weighted by atomic mass is 10.1. The third-order valence-electron chi connectivity index (χ3n) is 4.20. The van der Waals surface area contributed by atoms with Gasteiger partial charge in [0.15, 0.2) is 17.6 Å². The van der Waals surface area contributed by atoms with Gasteiger partial charge >= 0.3 is 5.97 Å². The number of amides is 1. The molecule has 0 saturated heterocycles. The summed E-state index contributed by atoms with van der Waals surface area (Å²) in [5.74, 6) is 0.478. The number of hydrogen-bond donors (Lipinski definition) is 0. The van der Waals surface area contributed by atoms with Crippen LogP contribution in [0.5, 0.6) is 17.2 Å². The van der Waals surface area contributed by atoms with Crippen LogP contribution in [0.4, 0.5) is 5.69 Å². The summed E-state index contributed by atoms with van der Waals surface area (Å²) in [6.07, 6.45) is -0.955. The van der Waals surface area contributed by atoms with Crippen LogP contribution >= 0.6 is 0 Å². The summed E-state index contributed by atoms with van der Waals surface area (Å²) >= 11 is 0. The van der Waals surface area contributed by atoms with Gasteiger partial charge in [-0.05, 0) is 36.8 Å². The van der Waals surface area contributed by atoms with Crippen LogP contribution in [0.2, 0.25) is 0 Å². The second kappa shape index (κ2) is 9.64. The Hall–Kier alpha value is -3.22. The fraction of sp³-hybridized carbons (Fsp3) is 0.333. The number of nitrogens with zero attached hydrogens (tertiary/aromatic N) is 1. The first kappa shape index (κ1) is 21.1. The van der Waals surface area contributed by atoms with Gasteiger partial charge in [0, 0.05) is 12.7 Å². The van der Waals surface area contributed by atoms with Gasteiger partial charge in [-0.2, -0.15) is 0 Å². The molecular weight excluding hydrogens is 362 g/mol. The van der Waals surface area contributed by atoms with Gasteiger partial charge in [-0.3, -0.25) is 9.59 Å². The van der Waals surface area contributed by atoms with E-state index in [1.54, 1.807) is 26.1 Å². The van der Waals surface area contributed by atoms with E-state index in [0.29, 0.717) is 22.8 Å². The first-order valence-corrected chi connectivity index (χ1v) is 8.72. The largest absolute Gasteiger partial charge is 0.493 e. The molecule has 0 spiro atoms. The molecule has 2 rings (SSSR count). The average Bonchev–Trinajstić information content (AvgIpc) is 2.72. The number of carbonyl (C=O) groups is 2. The molecule has 1 amide bonds. The molecule has 7 heteroatoms. The second-order valence-electron chi connectivity index (χ2n) is 6.08. The van der Waals surface area contributed by atoms with Crippen LogP contribution in [0, 0.1) is 0 Å². The Morgan fingerprint density at radius 2 is 1.54 bits per heavy atom. The Kier molecular flexibility index (Phi) is 7.26. The molecule has 0 aliphatic carbocycles. The SMILES string of the molecule is COc1cc(CC(=O)O[C@H](C)C(=O)N(C)c2ccccc2)cc(OC)c1OC. The summed E-state index contributed by atoms with van der Waals surface area (Å²) in [4.78, 5) is 26.3. The maximum atomic E-state index is 12.5. The van der Waals surface area contributed by atoms with Crippen LogP contribution in [0.15, 0.2) is 42.5 Å². The van der Waals surface area contributed by atoms with Crippen LogP contribution in [-0.2, 0) is 20.7 Å². The van der Waals surface area contributed by atoms with Gasteiger partial charge in [0.05, 0.1) is 27.8 Å². The molecule has 2 aromatic carbocycles. The fourth-order valence-corrected chi connectivity index (χ4v) is 2.74. The van der Waals surface area contributed by atoms with E-state index in [-0.39, 0.29) is 12.3 Å². The van der Waals surface area contributed by atoms with Gasteiger partial charge in [0.25, 0.3) is 5.91 Å². The molecule has 0 aliphatic rings. The number of likely N-dealkylation sites (N-methyl/N-ethyl adjacent to an activating group) is 1. The minimum absolute atomic E-state index is 0.0383. The summed E-state index contributed by atoms with van der Waals surface area (Å²) in [6, 6.07) is 12.5. The average molecular weight is 387 g/mol. The number of para-hydroxylation sites is 1. The minimum Gasteiger partial charge on any atom is -0.493 e. The van der Waals surface area contributed by atoms with Crippen LogP contribution < -0.4 is 19.1 Å². The van der Waals surface area contributed by atoms with Crippen molar-refractivity contribution in [1.82, 2.24) is 0 Å². The topological polar surface area (TPSA) is 74.3 Å². The van der Waals surface area contributed by atoms with Crippen molar-refractivity contribution in [3.8, 4) is 17.2 Å². The fourth-order valence-electron chi connectivity index (χ4n) is 2.74. The molecular formula is C21H25NO6. The summed E-state index contributed by atoms with van der Waals surface area (Å²) < 4.78 is 21.2. The maximum Gasteiger partial charge on any atom is 0.311 e. The molecule has 28 heavy (non-hydrogen) atoms. The molecule has 0 aliphatic heterocycles. The Balaban J connectivity index is 2.06. The number of rotatable bonds is 8. The molecule has 0 fully saturated rings. The van der Waals surface area contributed by atoms with Gasteiger partial charge in [0.1, 0.15) is 0 Å². The zero-order valence-electron chi connectivity index (χ0n) is 16.7. The monoisotopic (exact) mass is 387 g/mol. The molecule has 2 aromatic rings. The molecule has 0 unspecified atom stereocenters. The van der Waals surface area contributed by atoms with Crippen LogP contribution in [0.25, 0.3) is 0 Å². The van der Waals surface area contributed by atoms with Gasteiger partial charge < -0.3 is 23.8 Å². The van der Waals surface area contributed by atoms with Crippen LogP contribution in [0.3, 0.4) is 0 Å². The first-order valence-electron chi connectivity index (χ1n) is 8.72. The van der Waals surface area contributed by atoms with E-state index in [0.717, 1.165) is 5.69 Å². The van der Waals surface area contributed by atoms with Gasteiger partial charge in [0.2, 0.25) is 5.75 Å². The summed E-state index contributed by atoms with van der Waals surface area (Å²) in [6.45, 7) is 1.55. The van der Waals surface area contributed by atoms with Crippen molar-refractivity contribution in [2.24, 2.45) is 0 Å². The number of methoxy groups -OCH3 is 3. The Morgan fingerprint density at radius 1 is 0.964 bits per heavy atom. The predicted molar refractivity (Wildman–Crippen MR) is 105 cm³/mol. The van der Waals surface area contributed by atoms with Crippen LogP contribution in [0.1, 0.15) is 12.5 Å². The highest BCUT2D eigenvalue weighted by Gasteiger charge is 2.23. The van der Waals surface area contributed by atoms with Crippen molar-refractivity contribution in [1.29, 1.82) is 0 Å². The third kappa shape index (κ3) is 4.94. The first-order chi connectivity index (χ1) is 13.4. The zero-order chi connectivity index (χ0) is 20.7. The Morgan fingerprint density at radius 3 is 2.04 bits per heavy atom. The van der Waals surface area contributed by atoms with Crippen molar-refractivity contribution in [3.05, 3.63) is 48.0 Å². The number of carbonyl (C=O) groups excluding carboxylic acids is 2. The second-order valence-corrected chi connectivity index (χ2v) is 6.08. The third-order valence-corrected chi connectivity index (χ3v) is 4.20. The van der Waals surface area contributed by atoms with Crippen molar-refractivity contribution >= 4 is 17.6 Å². The number of benzene rings is 2. The van der Waals surface area contributed by atoms with Gasteiger partial charge in [-0.25, -0.2) is 0 Å². The van der Waals surface area contributed by atoms with Crippen molar-refractivity contribution < 1.29 is 28.5 Å². The number of ether oxygens (including phenoxy) is 4. The smallest absolute Gasteiger partial charge is 0.311 e. The van der Waals surface area contributed by atoms with Crippen molar-refractivity contribution in [2.75, 3.05) is 33.3 Å². The lowest BCUT2D eigenvalue weighted by molar-refractivity contribution is -0.153. The molecule has 0 N–H and O–H groups in total. The normalized spacial score (nSPS) is 11.3. The standard InChI is InChI=1S/C21H25NO6/c1-14(21(24)22(2)16-9-7-6-8-10-16)28-19(23)13-15-11-17(25-3)20(27-5)18(12-15)26-4/h6-12,14H,13H2,1-5H3/t14-/m1/s1. The van der Waals surface area contributed by atoms with E-state index >= 15 is 0 Å². The minimum atomic E-state index is -0.917. The van der Waals surface area contributed by atoms with E-state index in [1.807, 2.05) is 30.3 Å². The number of hydrogen-bond acceptors (Lipinski definition) is 6. The van der Waals surface area contributed by atoms with Gasteiger partial charge in [-0.1, -0.05) is 18.2 Å². The quantitative estimate of drug-likeness (QED) is 0.649. The maximum absolute atomic E-state index is 12.5. The lowest BCUT2D eigenvalue weighted by Gasteiger charge is -2.21. The highest BCUT2D eigenvalue weighted by Crippen LogP contribution is 2.38. The van der Waals surface area contributed by atoms with Crippen molar-refractivity contribution in [3.63, 3.8) is 0 Å². The predicted octanol–water partition coefficient (Wildman–Crippen LogP) is 2.85. The number of esters is 1. The molecule has 1 atom stereocenters. The van der Waals surface area contributed by atoms with E-state index < -0.39 is 12.1 Å². The molecule has 0 heterocycles. The zero-order valence-corrected chi connectivity index (χ0v) is 16.7. The van der Waals surface area contributed by atoms with Crippen LogP contribution in [-0.4, -0.2) is 46.4 Å². The lowest BCUT2D eigenvalue weighted by Crippen LogP contribution is -2.37. The molecule has 0 bridgehead atoms. The molecule has 0 saturated carbocycles. The molecule has 7 nitrogen and oxygen atoms in total. The van der Waals surface area contributed by atoms with E-state index in [9.17, 15) is 9.59 Å². The van der Waals surface area contributed by atoms with Crippen molar-refractivity contribution in [2.45, 2.75) is 19.4 Å². The summed E-state index contributed by atoms with van der Waals surface area (Å²) in [7, 11) is 6.14.